The molecule has 0 amide bonds. The van der Waals surface area contributed by atoms with E-state index in [4.69, 9.17) is 9.15 Å². The van der Waals surface area contributed by atoms with Gasteiger partial charge in [0.15, 0.2) is 5.16 Å². The molecule has 0 saturated carbocycles. The number of thioether (sulfide) groups is 1. The average Bonchev–Trinajstić information content (AvgIpc) is 3.09. The molecule has 3 aromatic rings. The van der Waals surface area contributed by atoms with Gasteiger partial charge in [0.05, 0.1) is 36.4 Å². The van der Waals surface area contributed by atoms with Crippen molar-refractivity contribution in [3.05, 3.63) is 58.3 Å². The predicted octanol–water partition coefficient (Wildman–Crippen LogP) is 3.32. The van der Waals surface area contributed by atoms with Crippen molar-refractivity contribution in [1.29, 1.82) is 0 Å². The number of hydrogen-bond donors (Lipinski definition) is 0. The third-order valence-electron chi connectivity index (χ3n) is 3.58. The molecular weight excluding hydrogens is 340 g/mol. The number of esters is 1. The van der Waals surface area contributed by atoms with Gasteiger partial charge in [0.25, 0.3) is 5.56 Å². The Balaban J connectivity index is 2.17. The first-order valence-corrected chi connectivity index (χ1v) is 8.69. The van der Waals surface area contributed by atoms with Crippen molar-refractivity contribution in [2.45, 2.75) is 30.8 Å². The van der Waals surface area contributed by atoms with Crippen LogP contribution in [-0.4, -0.2) is 27.9 Å². The Kier molecular flexibility index (Phi) is 4.94. The lowest BCUT2D eigenvalue weighted by atomic mass is 10.1. The summed E-state index contributed by atoms with van der Waals surface area (Å²) < 4.78 is 11.7. The van der Waals surface area contributed by atoms with Gasteiger partial charge in [-0.25, -0.2) is 9.78 Å². The fraction of sp³-hybridized carbons (Fsp3) is 0.278. The normalized spacial score (nSPS) is 11.2. The van der Waals surface area contributed by atoms with Gasteiger partial charge in [-0.1, -0.05) is 25.6 Å². The Hall–Kier alpha value is -2.54. The van der Waals surface area contributed by atoms with E-state index in [1.54, 1.807) is 35.1 Å². The fourth-order valence-corrected chi connectivity index (χ4v) is 3.29. The van der Waals surface area contributed by atoms with E-state index < -0.39 is 5.97 Å². The molecular formula is C18H18N2O4S. The molecule has 0 unspecified atom stereocenters. The zero-order chi connectivity index (χ0) is 18.0. The van der Waals surface area contributed by atoms with E-state index in [2.05, 4.69) is 4.98 Å². The third kappa shape index (κ3) is 3.61. The standard InChI is InChI=1S/C18H18N2O4S/c1-11(2)25-18-19-15-9-12(17(22)23-3)6-7-14(15)16(21)20(18)10-13-5-4-8-24-13/h4-9,11H,10H2,1-3H3. The highest BCUT2D eigenvalue weighted by atomic mass is 32.2. The molecule has 0 aliphatic carbocycles. The van der Waals surface area contributed by atoms with Gasteiger partial charge in [-0.05, 0) is 30.3 Å². The van der Waals surface area contributed by atoms with Gasteiger partial charge in [-0.15, -0.1) is 0 Å². The number of aromatic nitrogens is 2. The van der Waals surface area contributed by atoms with Crippen LogP contribution in [0.1, 0.15) is 30.0 Å². The van der Waals surface area contributed by atoms with Crippen LogP contribution in [0.4, 0.5) is 0 Å². The Morgan fingerprint density at radius 1 is 1.36 bits per heavy atom. The predicted molar refractivity (Wildman–Crippen MR) is 96.1 cm³/mol. The fourth-order valence-electron chi connectivity index (χ4n) is 2.44. The van der Waals surface area contributed by atoms with Gasteiger partial charge >= 0.3 is 5.97 Å². The molecule has 0 spiro atoms. The first-order valence-electron chi connectivity index (χ1n) is 7.81. The highest BCUT2D eigenvalue weighted by Crippen LogP contribution is 2.23. The van der Waals surface area contributed by atoms with E-state index in [1.807, 2.05) is 19.9 Å². The second kappa shape index (κ2) is 7.14. The van der Waals surface area contributed by atoms with Gasteiger partial charge in [0.2, 0.25) is 0 Å². The summed E-state index contributed by atoms with van der Waals surface area (Å²) in [5.74, 6) is 0.224. The summed E-state index contributed by atoms with van der Waals surface area (Å²) in [6.07, 6.45) is 1.58. The highest BCUT2D eigenvalue weighted by molar-refractivity contribution is 7.99. The van der Waals surface area contributed by atoms with Gasteiger partial charge in [0, 0.05) is 5.25 Å². The van der Waals surface area contributed by atoms with Crippen LogP contribution in [-0.2, 0) is 11.3 Å². The number of fused-ring (bicyclic) bond motifs is 1. The zero-order valence-corrected chi connectivity index (χ0v) is 15.0. The minimum absolute atomic E-state index is 0.166. The lowest BCUT2D eigenvalue weighted by Crippen LogP contribution is -2.24. The summed E-state index contributed by atoms with van der Waals surface area (Å²) in [7, 11) is 1.32. The number of methoxy groups -OCH3 is 1. The topological polar surface area (TPSA) is 74.3 Å². The van der Waals surface area contributed by atoms with Crippen LogP contribution in [0.5, 0.6) is 0 Å². The van der Waals surface area contributed by atoms with Crippen LogP contribution < -0.4 is 5.56 Å². The van der Waals surface area contributed by atoms with Crippen LogP contribution in [0, 0.1) is 0 Å². The van der Waals surface area contributed by atoms with E-state index in [-0.39, 0.29) is 10.8 Å². The van der Waals surface area contributed by atoms with Crippen LogP contribution in [0.15, 0.2) is 51.0 Å². The number of nitrogens with zero attached hydrogens (tertiary/aromatic N) is 2. The Morgan fingerprint density at radius 3 is 2.80 bits per heavy atom. The lowest BCUT2D eigenvalue weighted by Gasteiger charge is -2.14. The van der Waals surface area contributed by atoms with Gasteiger partial charge in [-0.3, -0.25) is 9.36 Å². The number of benzene rings is 1. The summed E-state index contributed by atoms with van der Waals surface area (Å²) in [6, 6.07) is 8.38. The SMILES string of the molecule is COC(=O)c1ccc2c(=O)n(Cc3ccco3)c(SC(C)C)nc2c1. The van der Waals surface area contributed by atoms with Crippen molar-refractivity contribution in [2.75, 3.05) is 7.11 Å². The molecule has 0 N–H and O–H groups in total. The first-order chi connectivity index (χ1) is 12.0. The summed E-state index contributed by atoms with van der Waals surface area (Å²) in [4.78, 5) is 29.3. The van der Waals surface area contributed by atoms with Crippen molar-refractivity contribution in [3.8, 4) is 0 Å². The van der Waals surface area contributed by atoms with Crippen molar-refractivity contribution >= 4 is 28.6 Å². The largest absolute Gasteiger partial charge is 0.467 e. The average molecular weight is 358 g/mol. The maximum atomic E-state index is 13.0. The molecule has 0 aliphatic rings. The van der Waals surface area contributed by atoms with E-state index in [1.165, 1.54) is 18.9 Å². The maximum absolute atomic E-state index is 13.0. The number of carbonyl (C=O) groups is 1. The number of rotatable bonds is 5. The molecule has 25 heavy (non-hydrogen) atoms. The number of ether oxygens (including phenoxy) is 1. The van der Waals surface area contributed by atoms with Crippen LogP contribution in [0.2, 0.25) is 0 Å². The van der Waals surface area contributed by atoms with E-state index in [0.717, 1.165) is 0 Å². The Labute approximate surface area is 148 Å². The second-order valence-corrected chi connectivity index (χ2v) is 7.30. The van der Waals surface area contributed by atoms with Crippen molar-refractivity contribution in [2.24, 2.45) is 0 Å². The summed E-state index contributed by atoms with van der Waals surface area (Å²) in [6.45, 7) is 4.37. The van der Waals surface area contributed by atoms with Crippen LogP contribution >= 0.6 is 11.8 Å². The molecule has 0 fully saturated rings. The summed E-state index contributed by atoms with van der Waals surface area (Å²) >= 11 is 1.49. The summed E-state index contributed by atoms with van der Waals surface area (Å²) in [5, 5.41) is 1.29. The Morgan fingerprint density at radius 2 is 2.16 bits per heavy atom. The molecule has 0 saturated heterocycles. The number of furan rings is 1. The molecule has 6 nitrogen and oxygen atoms in total. The van der Waals surface area contributed by atoms with Crippen molar-refractivity contribution < 1.29 is 13.9 Å². The lowest BCUT2D eigenvalue weighted by molar-refractivity contribution is 0.0601. The van der Waals surface area contributed by atoms with Crippen LogP contribution in [0.3, 0.4) is 0 Å². The highest BCUT2D eigenvalue weighted by Gasteiger charge is 2.16. The quantitative estimate of drug-likeness (QED) is 0.396. The monoisotopic (exact) mass is 358 g/mol. The Bertz CT molecular complexity index is 961. The zero-order valence-electron chi connectivity index (χ0n) is 14.2. The summed E-state index contributed by atoms with van der Waals surface area (Å²) in [5.41, 5.74) is 0.680. The molecule has 130 valence electrons. The minimum atomic E-state index is -0.457. The first kappa shape index (κ1) is 17.3. The molecule has 0 bridgehead atoms. The van der Waals surface area contributed by atoms with E-state index >= 15 is 0 Å². The van der Waals surface area contributed by atoms with Gasteiger partial charge < -0.3 is 9.15 Å². The van der Waals surface area contributed by atoms with E-state index in [0.29, 0.717) is 33.9 Å². The van der Waals surface area contributed by atoms with Gasteiger partial charge in [0.1, 0.15) is 5.76 Å². The molecule has 0 atom stereocenters. The second-order valence-electron chi connectivity index (χ2n) is 5.76. The molecule has 1 aromatic carbocycles. The molecule has 3 rings (SSSR count). The molecule has 7 heteroatoms. The van der Waals surface area contributed by atoms with Crippen molar-refractivity contribution in [1.82, 2.24) is 9.55 Å². The molecule has 2 heterocycles. The third-order valence-corrected chi connectivity index (χ3v) is 4.57. The molecule has 0 aliphatic heterocycles. The molecule has 0 radical (unpaired) electrons. The smallest absolute Gasteiger partial charge is 0.337 e. The van der Waals surface area contributed by atoms with Crippen LogP contribution in [0.25, 0.3) is 10.9 Å². The van der Waals surface area contributed by atoms with E-state index in [9.17, 15) is 9.59 Å². The maximum Gasteiger partial charge on any atom is 0.337 e. The van der Waals surface area contributed by atoms with Crippen molar-refractivity contribution in [3.63, 3.8) is 0 Å². The number of carbonyl (C=O) groups excluding carboxylic acids is 1. The molecule has 2 aromatic heterocycles. The number of hydrogen-bond acceptors (Lipinski definition) is 6. The van der Waals surface area contributed by atoms with Gasteiger partial charge in [-0.2, -0.15) is 0 Å². The minimum Gasteiger partial charge on any atom is -0.467 e.